The monoisotopic (exact) mass is 289 g/mol. The first kappa shape index (κ1) is 14.5. The van der Waals surface area contributed by atoms with Crippen LogP contribution < -0.4 is 5.32 Å². The zero-order chi connectivity index (χ0) is 14.5. The quantitative estimate of drug-likeness (QED) is 0.940. The Kier molecular flexibility index (Phi) is 4.69. The van der Waals surface area contributed by atoms with E-state index in [-0.39, 0.29) is 11.8 Å². The Balaban J connectivity index is 2.13. The number of rotatable bonds is 4. The van der Waals surface area contributed by atoms with Crippen molar-refractivity contribution in [2.24, 2.45) is 0 Å². The van der Waals surface area contributed by atoms with Crippen LogP contribution in [0.1, 0.15) is 41.4 Å². The molecule has 20 heavy (non-hydrogen) atoms. The van der Waals surface area contributed by atoms with Crippen LogP contribution in [0.3, 0.4) is 0 Å². The lowest BCUT2D eigenvalue weighted by molar-refractivity contribution is 0.0943. The summed E-state index contributed by atoms with van der Waals surface area (Å²) in [4.78, 5) is 12.2. The Labute approximate surface area is 123 Å². The summed E-state index contributed by atoms with van der Waals surface area (Å²) in [5.41, 5.74) is 2.17. The van der Waals surface area contributed by atoms with Crippen LogP contribution in [0.4, 0.5) is 0 Å². The van der Waals surface area contributed by atoms with Gasteiger partial charge in [-0.1, -0.05) is 55.8 Å². The molecule has 0 atom stereocenters. The molecule has 0 aliphatic carbocycles. The van der Waals surface area contributed by atoms with Gasteiger partial charge in [0.2, 0.25) is 0 Å². The maximum Gasteiger partial charge on any atom is 0.272 e. The van der Waals surface area contributed by atoms with E-state index in [1.54, 1.807) is 6.07 Å². The van der Waals surface area contributed by atoms with Crippen molar-refractivity contribution in [3.63, 3.8) is 0 Å². The third-order valence-corrected chi connectivity index (χ3v) is 3.11. The van der Waals surface area contributed by atoms with E-state index >= 15 is 0 Å². The van der Waals surface area contributed by atoms with Crippen molar-refractivity contribution in [1.82, 2.24) is 15.5 Å². The van der Waals surface area contributed by atoms with Gasteiger partial charge in [0.15, 0.2) is 10.8 Å². The molecule has 104 valence electrons. The van der Waals surface area contributed by atoms with Gasteiger partial charge in [-0.3, -0.25) is 4.79 Å². The molecule has 2 aromatic rings. The molecule has 0 radical (unpaired) electrons. The van der Waals surface area contributed by atoms with Gasteiger partial charge in [0.05, 0.1) is 0 Å². The molecular weight excluding hydrogens is 274 g/mol. The molecule has 1 amide bonds. The average molecular weight is 290 g/mol. The third-order valence-electron chi connectivity index (χ3n) is 2.93. The standard InChI is InChI=1S/C15H16ClN3O/c1-10(2)12-8-13(16)18-19-14(12)15(20)17-9-11-6-4-3-5-7-11/h3-8,10H,9H2,1-2H3,(H,17,20). The van der Waals surface area contributed by atoms with Crippen LogP contribution >= 0.6 is 11.6 Å². The van der Waals surface area contributed by atoms with Crippen molar-refractivity contribution < 1.29 is 4.79 Å². The minimum absolute atomic E-state index is 0.153. The zero-order valence-electron chi connectivity index (χ0n) is 11.4. The highest BCUT2D eigenvalue weighted by Gasteiger charge is 2.16. The van der Waals surface area contributed by atoms with Crippen LogP contribution in [-0.2, 0) is 6.54 Å². The van der Waals surface area contributed by atoms with Gasteiger partial charge in [-0.15, -0.1) is 10.2 Å². The maximum absolute atomic E-state index is 12.2. The van der Waals surface area contributed by atoms with Gasteiger partial charge in [0.1, 0.15) is 0 Å². The second-order valence-corrected chi connectivity index (χ2v) is 5.18. The Morgan fingerprint density at radius 2 is 1.95 bits per heavy atom. The Bertz CT molecular complexity index is 599. The summed E-state index contributed by atoms with van der Waals surface area (Å²) in [6.07, 6.45) is 0. The second-order valence-electron chi connectivity index (χ2n) is 4.79. The topological polar surface area (TPSA) is 54.9 Å². The number of nitrogens with zero attached hydrogens (tertiary/aromatic N) is 2. The summed E-state index contributed by atoms with van der Waals surface area (Å²) in [5.74, 6) is -0.0813. The summed E-state index contributed by atoms with van der Waals surface area (Å²) in [6, 6.07) is 11.4. The molecule has 0 saturated heterocycles. The van der Waals surface area contributed by atoms with Crippen molar-refractivity contribution in [1.29, 1.82) is 0 Å². The van der Waals surface area contributed by atoms with Crippen molar-refractivity contribution in [2.75, 3.05) is 0 Å². The summed E-state index contributed by atoms with van der Waals surface area (Å²) in [5, 5.41) is 10.8. The molecule has 0 aliphatic rings. The molecule has 0 aliphatic heterocycles. The fraction of sp³-hybridized carbons (Fsp3) is 0.267. The molecule has 0 spiro atoms. The Morgan fingerprint density at radius 3 is 2.60 bits per heavy atom. The zero-order valence-corrected chi connectivity index (χ0v) is 12.2. The first-order chi connectivity index (χ1) is 9.58. The Hall–Kier alpha value is -1.94. The van der Waals surface area contributed by atoms with Crippen LogP contribution in [0.2, 0.25) is 5.15 Å². The molecule has 0 bridgehead atoms. The number of carbonyl (C=O) groups is 1. The predicted molar refractivity (Wildman–Crippen MR) is 78.7 cm³/mol. The molecule has 1 N–H and O–H groups in total. The first-order valence-electron chi connectivity index (χ1n) is 6.43. The van der Waals surface area contributed by atoms with Gasteiger partial charge in [-0.05, 0) is 23.1 Å². The molecule has 0 saturated carbocycles. The number of hydrogen-bond acceptors (Lipinski definition) is 3. The summed E-state index contributed by atoms with van der Waals surface area (Å²) >= 11 is 5.83. The van der Waals surface area contributed by atoms with E-state index in [4.69, 9.17) is 11.6 Å². The SMILES string of the molecule is CC(C)c1cc(Cl)nnc1C(=O)NCc1ccccc1. The van der Waals surface area contributed by atoms with E-state index in [1.807, 2.05) is 44.2 Å². The fourth-order valence-electron chi connectivity index (χ4n) is 1.86. The second kappa shape index (κ2) is 6.48. The molecule has 1 heterocycles. The molecule has 2 rings (SSSR count). The number of hydrogen-bond donors (Lipinski definition) is 1. The van der Waals surface area contributed by atoms with E-state index in [0.717, 1.165) is 11.1 Å². The highest BCUT2D eigenvalue weighted by Crippen LogP contribution is 2.20. The van der Waals surface area contributed by atoms with Crippen LogP contribution in [0, 0.1) is 0 Å². The minimum atomic E-state index is -0.235. The van der Waals surface area contributed by atoms with Crippen molar-refractivity contribution >= 4 is 17.5 Å². The maximum atomic E-state index is 12.2. The number of halogens is 1. The third kappa shape index (κ3) is 3.54. The van der Waals surface area contributed by atoms with Gasteiger partial charge < -0.3 is 5.32 Å². The normalized spacial score (nSPS) is 10.6. The van der Waals surface area contributed by atoms with Crippen LogP contribution in [0.5, 0.6) is 0 Å². The van der Waals surface area contributed by atoms with E-state index in [1.165, 1.54) is 0 Å². The molecule has 0 unspecified atom stereocenters. The molecule has 0 fully saturated rings. The summed E-state index contributed by atoms with van der Waals surface area (Å²) < 4.78 is 0. The molecule has 1 aromatic carbocycles. The Morgan fingerprint density at radius 1 is 1.25 bits per heavy atom. The molecule has 5 heteroatoms. The highest BCUT2D eigenvalue weighted by atomic mass is 35.5. The largest absolute Gasteiger partial charge is 0.347 e. The predicted octanol–water partition coefficient (Wildman–Crippen LogP) is 3.18. The van der Waals surface area contributed by atoms with E-state index in [0.29, 0.717) is 17.4 Å². The van der Waals surface area contributed by atoms with Gasteiger partial charge in [-0.2, -0.15) is 0 Å². The highest BCUT2D eigenvalue weighted by molar-refractivity contribution is 6.29. The van der Waals surface area contributed by atoms with Gasteiger partial charge in [0.25, 0.3) is 5.91 Å². The molecule has 4 nitrogen and oxygen atoms in total. The first-order valence-corrected chi connectivity index (χ1v) is 6.81. The lowest BCUT2D eigenvalue weighted by Gasteiger charge is -2.11. The lowest BCUT2D eigenvalue weighted by Crippen LogP contribution is -2.25. The lowest BCUT2D eigenvalue weighted by atomic mass is 10.0. The summed E-state index contributed by atoms with van der Waals surface area (Å²) in [7, 11) is 0. The van der Waals surface area contributed by atoms with Crippen LogP contribution in [0.15, 0.2) is 36.4 Å². The van der Waals surface area contributed by atoms with E-state index in [9.17, 15) is 4.79 Å². The van der Waals surface area contributed by atoms with E-state index < -0.39 is 0 Å². The van der Waals surface area contributed by atoms with Crippen molar-refractivity contribution in [3.05, 3.63) is 58.4 Å². The van der Waals surface area contributed by atoms with Gasteiger partial charge >= 0.3 is 0 Å². The van der Waals surface area contributed by atoms with Crippen molar-refractivity contribution in [2.45, 2.75) is 26.3 Å². The number of aromatic nitrogens is 2. The summed E-state index contributed by atoms with van der Waals surface area (Å²) in [6.45, 7) is 4.43. The minimum Gasteiger partial charge on any atom is -0.347 e. The molecular formula is C15H16ClN3O. The fourth-order valence-corrected chi connectivity index (χ4v) is 2.01. The number of benzene rings is 1. The number of nitrogens with one attached hydrogen (secondary N) is 1. The van der Waals surface area contributed by atoms with E-state index in [2.05, 4.69) is 15.5 Å². The average Bonchev–Trinajstić information content (AvgIpc) is 2.45. The molecule has 1 aromatic heterocycles. The van der Waals surface area contributed by atoms with Crippen molar-refractivity contribution in [3.8, 4) is 0 Å². The number of amides is 1. The van der Waals surface area contributed by atoms with Gasteiger partial charge in [0, 0.05) is 6.54 Å². The van der Waals surface area contributed by atoms with Gasteiger partial charge in [-0.25, -0.2) is 0 Å². The smallest absolute Gasteiger partial charge is 0.272 e. The van der Waals surface area contributed by atoms with Crippen LogP contribution in [0.25, 0.3) is 0 Å². The van der Waals surface area contributed by atoms with Crippen LogP contribution in [-0.4, -0.2) is 16.1 Å². The number of carbonyl (C=O) groups excluding carboxylic acids is 1.